The maximum Gasteiger partial charge on any atom is 0.127 e. The molecule has 1 aromatic carbocycles. The zero-order valence-corrected chi connectivity index (χ0v) is 9.17. The topological polar surface area (TPSA) is 77.3 Å². The fraction of sp³-hybridized carbons (Fsp3) is 0.0769. The predicted molar refractivity (Wildman–Crippen MR) is 67.7 cm³/mol. The van der Waals surface area contributed by atoms with Crippen molar-refractivity contribution in [2.45, 2.75) is 6.04 Å². The number of fused-ring (bicyclic) bond motifs is 1. The average Bonchev–Trinajstić information content (AvgIpc) is 2.68. The molecule has 0 spiro atoms. The van der Waals surface area contributed by atoms with Crippen molar-refractivity contribution in [3.8, 4) is 0 Å². The summed E-state index contributed by atoms with van der Waals surface area (Å²) in [6.07, 6.45) is 1.69. The molecule has 0 bridgehead atoms. The summed E-state index contributed by atoms with van der Waals surface area (Å²) < 4.78 is 0. The van der Waals surface area contributed by atoms with E-state index in [4.69, 9.17) is 11.5 Å². The fourth-order valence-electron chi connectivity index (χ4n) is 2.09. The number of nitrogen functional groups attached to an aromatic ring is 1. The van der Waals surface area contributed by atoms with Crippen molar-refractivity contribution in [3.05, 3.63) is 59.4 Å². The van der Waals surface area contributed by atoms with Gasteiger partial charge in [-0.05, 0) is 17.7 Å². The number of hydrogen-bond acceptors (Lipinski definition) is 4. The molecule has 1 atom stereocenters. The van der Waals surface area contributed by atoms with E-state index in [0.29, 0.717) is 11.5 Å². The number of aromatic nitrogens is 1. The third-order valence-electron chi connectivity index (χ3n) is 2.88. The Morgan fingerprint density at radius 1 is 1.06 bits per heavy atom. The highest BCUT2D eigenvalue weighted by atomic mass is 14.9. The minimum absolute atomic E-state index is 0.130. The number of aliphatic imine (C=N–C) groups is 1. The van der Waals surface area contributed by atoms with Gasteiger partial charge >= 0.3 is 0 Å². The Hall–Kier alpha value is -2.36. The van der Waals surface area contributed by atoms with Crippen molar-refractivity contribution in [2.75, 3.05) is 5.73 Å². The molecule has 0 saturated heterocycles. The Kier molecular flexibility index (Phi) is 2.08. The van der Waals surface area contributed by atoms with E-state index in [0.717, 1.165) is 16.8 Å². The first kappa shape index (κ1) is 9.84. The van der Waals surface area contributed by atoms with Crippen molar-refractivity contribution in [1.82, 2.24) is 4.98 Å². The van der Waals surface area contributed by atoms with Crippen LogP contribution in [0.2, 0.25) is 0 Å². The van der Waals surface area contributed by atoms with Gasteiger partial charge in [0.05, 0.1) is 5.69 Å². The Balaban J connectivity index is 2.13. The van der Waals surface area contributed by atoms with Crippen LogP contribution < -0.4 is 11.5 Å². The van der Waals surface area contributed by atoms with E-state index >= 15 is 0 Å². The van der Waals surface area contributed by atoms with Crippen molar-refractivity contribution in [3.63, 3.8) is 0 Å². The van der Waals surface area contributed by atoms with Crippen LogP contribution in [0.4, 0.5) is 5.69 Å². The molecule has 0 aliphatic carbocycles. The molecule has 4 N–H and O–H groups in total. The molecule has 1 aliphatic heterocycles. The number of pyridine rings is 1. The van der Waals surface area contributed by atoms with Gasteiger partial charge < -0.3 is 11.5 Å². The molecular weight excluding hydrogens is 212 g/mol. The Morgan fingerprint density at radius 2 is 1.88 bits per heavy atom. The number of hydrogen-bond donors (Lipinski definition) is 2. The van der Waals surface area contributed by atoms with Gasteiger partial charge in [-0.1, -0.05) is 24.3 Å². The third-order valence-corrected chi connectivity index (χ3v) is 2.88. The van der Waals surface area contributed by atoms with Crippen LogP contribution in [0.5, 0.6) is 0 Å². The number of anilines is 1. The second-order valence-corrected chi connectivity index (χ2v) is 4.02. The molecular formula is C13H12N4. The lowest BCUT2D eigenvalue weighted by Gasteiger charge is -2.08. The van der Waals surface area contributed by atoms with Crippen molar-refractivity contribution >= 4 is 11.5 Å². The van der Waals surface area contributed by atoms with Gasteiger partial charge in [-0.25, -0.2) is 0 Å². The summed E-state index contributed by atoms with van der Waals surface area (Å²) in [5.74, 6) is 0.565. The zero-order chi connectivity index (χ0) is 11.8. The molecule has 2 heterocycles. The molecule has 3 rings (SSSR count). The van der Waals surface area contributed by atoms with Crippen molar-refractivity contribution in [2.24, 2.45) is 10.7 Å². The van der Waals surface area contributed by atoms with Crippen LogP contribution in [-0.2, 0) is 0 Å². The zero-order valence-electron chi connectivity index (χ0n) is 9.17. The molecule has 2 aromatic rings. The van der Waals surface area contributed by atoms with Gasteiger partial charge in [0, 0.05) is 17.4 Å². The minimum Gasteiger partial charge on any atom is -0.399 e. The molecule has 0 amide bonds. The van der Waals surface area contributed by atoms with Crippen LogP contribution in [0.15, 0.2) is 47.6 Å². The van der Waals surface area contributed by atoms with E-state index < -0.39 is 0 Å². The van der Waals surface area contributed by atoms with Gasteiger partial charge in [-0.2, -0.15) is 0 Å². The van der Waals surface area contributed by atoms with Gasteiger partial charge in [0.25, 0.3) is 0 Å². The first-order valence-electron chi connectivity index (χ1n) is 5.40. The number of nitrogens with zero attached hydrogens (tertiary/aromatic N) is 2. The third kappa shape index (κ3) is 1.54. The molecule has 0 fully saturated rings. The minimum atomic E-state index is -0.130. The maximum atomic E-state index is 5.90. The number of rotatable bonds is 1. The molecule has 17 heavy (non-hydrogen) atoms. The molecule has 1 aliphatic rings. The summed E-state index contributed by atoms with van der Waals surface area (Å²) >= 11 is 0. The summed E-state index contributed by atoms with van der Waals surface area (Å²) in [6.45, 7) is 0. The van der Waals surface area contributed by atoms with Gasteiger partial charge in [-0.15, -0.1) is 0 Å². The Bertz CT molecular complexity index is 604. The fourth-order valence-corrected chi connectivity index (χ4v) is 2.09. The molecule has 84 valence electrons. The quantitative estimate of drug-likeness (QED) is 0.770. The molecule has 0 radical (unpaired) electrons. The van der Waals surface area contributed by atoms with Gasteiger partial charge in [0.1, 0.15) is 11.9 Å². The molecule has 1 unspecified atom stereocenters. The normalized spacial score (nSPS) is 17.6. The summed E-state index contributed by atoms with van der Waals surface area (Å²) in [5, 5.41) is 0. The number of amidine groups is 1. The lowest BCUT2D eigenvalue weighted by molar-refractivity contribution is 0.850. The lowest BCUT2D eigenvalue weighted by Crippen LogP contribution is -2.09. The van der Waals surface area contributed by atoms with E-state index in [-0.39, 0.29) is 6.04 Å². The van der Waals surface area contributed by atoms with Crippen LogP contribution in [-0.4, -0.2) is 10.8 Å². The van der Waals surface area contributed by atoms with Crippen molar-refractivity contribution in [1.29, 1.82) is 0 Å². The first-order chi connectivity index (χ1) is 8.25. The lowest BCUT2D eigenvalue weighted by atomic mass is 10.0. The smallest absolute Gasteiger partial charge is 0.127 e. The Morgan fingerprint density at radius 3 is 2.71 bits per heavy atom. The second kappa shape index (κ2) is 3.59. The summed E-state index contributed by atoms with van der Waals surface area (Å²) in [4.78, 5) is 8.76. The first-order valence-corrected chi connectivity index (χ1v) is 5.40. The highest BCUT2D eigenvalue weighted by Gasteiger charge is 2.25. The van der Waals surface area contributed by atoms with Crippen LogP contribution >= 0.6 is 0 Å². The van der Waals surface area contributed by atoms with Crippen LogP contribution in [0, 0.1) is 0 Å². The van der Waals surface area contributed by atoms with E-state index in [9.17, 15) is 0 Å². The molecule has 4 nitrogen and oxygen atoms in total. The molecule has 0 saturated carbocycles. The van der Waals surface area contributed by atoms with Crippen LogP contribution in [0.3, 0.4) is 0 Å². The van der Waals surface area contributed by atoms with Gasteiger partial charge in [0.2, 0.25) is 0 Å². The number of nitrogens with two attached hydrogens (primary N) is 2. The van der Waals surface area contributed by atoms with Crippen LogP contribution in [0.25, 0.3) is 0 Å². The van der Waals surface area contributed by atoms with Gasteiger partial charge in [-0.3, -0.25) is 9.98 Å². The maximum absolute atomic E-state index is 5.90. The SMILES string of the molecule is NC1=NC(c2cc(N)ccn2)c2ccccc21. The van der Waals surface area contributed by atoms with Gasteiger partial charge in [0.15, 0.2) is 0 Å². The predicted octanol–water partition coefficient (Wildman–Crippen LogP) is 1.47. The van der Waals surface area contributed by atoms with E-state index in [1.807, 2.05) is 30.3 Å². The largest absolute Gasteiger partial charge is 0.399 e. The highest BCUT2D eigenvalue weighted by molar-refractivity contribution is 6.01. The summed E-state index contributed by atoms with van der Waals surface area (Å²) in [7, 11) is 0. The van der Waals surface area contributed by atoms with Crippen molar-refractivity contribution < 1.29 is 0 Å². The van der Waals surface area contributed by atoms with Crippen LogP contribution in [0.1, 0.15) is 22.9 Å². The van der Waals surface area contributed by atoms with E-state index in [2.05, 4.69) is 9.98 Å². The monoisotopic (exact) mass is 224 g/mol. The second-order valence-electron chi connectivity index (χ2n) is 4.02. The molecule has 4 heteroatoms. The standard InChI is InChI=1S/C13H12N4/c14-8-5-6-16-11(7-8)12-9-3-1-2-4-10(9)13(15)17-12/h1-7,12H,(H2,14,16)(H2,15,17). The number of benzene rings is 1. The summed E-state index contributed by atoms with van der Waals surface area (Å²) in [6, 6.07) is 11.4. The summed E-state index contributed by atoms with van der Waals surface area (Å²) in [5.41, 5.74) is 15.3. The highest BCUT2D eigenvalue weighted by Crippen LogP contribution is 2.33. The van der Waals surface area contributed by atoms with E-state index in [1.165, 1.54) is 0 Å². The Labute approximate surface area is 99.0 Å². The van der Waals surface area contributed by atoms with E-state index in [1.54, 1.807) is 12.3 Å². The average molecular weight is 224 g/mol. The molecule has 1 aromatic heterocycles.